The average Bonchev–Trinajstić information content (AvgIpc) is 2.81. The van der Waals surface area contributed by atoms with E-state index in [9.17, 15) is 13.2 Å². The summed E-state index contributed by atoms with van der Waals surface area (Å²) >= 11 is 1.61. The lowest BCUT2D eigenvalue weighted by Crippen LogP contribution is -2.23. The zero-order chi connectivity index (χ0) is 15.6. The van der Waals surface area contributed by atoms with Gasteiger partial charge >= 0.3 is 6.18 Å². The first kappa shape index (κ1) is 16.0. The minimum absolute atomic E-state index is 0.0662. The number of alkyl halides is 3. The van der Waals surface area contributed by atoms with Crippen molar-refractivity contribution in [1.29, 1.82) is 0 Å². The first-order valence-electron chi connectivity index (χ1n) is 6.78. The normalized spacial score (nSPS) is 13.4. The van der Waals surface area contributed by atoms with Gasteiger partial charge in [-0.3, -0.25) is 0 Å². The molecule has 0 aliphatic rings. The van der Waals surface area contributed by atoms with Gasteiger partial charge in [0.1, 0.15) is 0 Å². The molecule has 0 saturated heterocycles. The van der Waals surface area contributed by atoms with Crippen molar-refractivity contribution >= 4 is 11.3 Å². The van der Waals surface area contributed by atoms with Gasteiger partial charge in [-0.05, 0) is 65.5 Å². The third-order valence-corrected chi connectivity index (χ3v) is 4.40. The van der Waals surface area contributed by atoms with Crippen molar-refractivity contribution < 1.29 is 13.2 Å². The molecule has 0 aliphatic carbocycles. The van der Waals surface area contributed by atoms with Crippen LogP contribution in [0.15, 0.2) is 29.0 Å². The molecular weight excluding hydrogens is 295 g/mol. The molecule has 0 spiro atoms. The second-order valence-electron chi connectivity index (χ2n) is 5.07. The van der Waals surface area contributed by atoms with Crippen LogP contribution < -0.4 is 5.32 Å². The maximum Gasteiger partial charge on any atom is 0.416 e. The summed E-state index contributed by atoms with van der Waals surface area (Å²) in [4.78, 5) is 0. The SMILES string of the molecule is CCNC(c1ccc(C(F)(F)F)cc1C)c1cscc1C. The van der Waals surface area contributed by atoms with Crippen LogP contribution >= 0.6 is 11.3 Å². The van der Waals surface area contributed by atoms with Gasteiger partial charge in [0, 0.05) is 0 Å². The van der Waals surface area contributed by atoms with Crippen molar-refractivity contribution in [1.82, 2.24) is 5.32 Å². The summed E-state index contributed by atoms with van der Waals surface area (Å²) < 4.78 is 38.3. The second kappa shape index (κ2) is 6.20. The van der Waals surface area contributed by atoms with Gasteiger partial charge in [0.25, 0.3) is 0 Å². The van der Waals surface area contributed by atoms with Crippen molar-refractivity contribution in [2.24, 2.45) is 0 Å². The van der Waals surface area contributed by atoms with Gasteiger partial charge in [0.15, 0.2) is 0 Å². The summed E-state index contributed by atoms with van der Waals surface area (Å²) in [5.74, 6) is 0. The number of hydrogen-bond acceptors (Lipinski definition) is 2. The molecule has 114 valence electrons. The lowest BCUT2D eigenvalue weighted by Gasteiger charge is -2.21. The van der Waals surface area contributed by atoms with Gasteiger partial charge in [-0.15, -0.1) is 0 Å². The molecule has 0 aliphatic heterocycles. The molecule has 2 aromatic rings. The lowest BCUT2D eigenvalue weighted by atomic mass is 9.93. The molecule has 21 heavy (non-hydrogen) atoms. The number of nitrogens with one attached hydrogen (secondary N) is 1. The Bertz CT molecular complexity index is 616. The van der Waals surface area contributed by atoms with E-state index in [4.69, 9.17) is 0 Å². The Morgan fingerprint density at radius 2 is 1.81 bits per heavy atom. The fraction of sp³-hybridized carbons (Fsp3) is 0.375. The molecular formula is C16H18F3NS. The van der Waals surface area contributed by atoms with Gasteiger partial charge in [-0.2, -0.15) is 24.5 Å². The van der Waals surface area contributed by atoms with E-state index in [0.717, 1.165) is 29.3 Å². The third-order valence-electron chi connectivity index (χ3n) is 3.52. The van der Waals surface area contributed by atoms with Crippen molar-refractivity contribution in [2.45, 2.75) is 33.0 Å². The third kappa shape index (κ3) is 3.47. The summed E-state index contributed by atoms with van der Waals surface area (Å²) in [5, 5.41) is 7.48. The topological polar surface area (TPSA) is 12.0 Å². The van der Waals surface area contributed by atoms with E-state index in [1.165, 1.54) is 6.07 Å². The van der Waals surface area contributed by atoms with Crippen LogP contribution in [-0.4, -0.2) is 6.54 Å². The van der Waals surface area contributed by atoms with Crippen molar-refractivity contribution in [3.05, 3.63) is 56.8 Å². The highest BCUT2D eigenvalue weighted by Crippen LogP contribution is 2.34. The Balaban J connectivity index is 2.45. The molecule has 0 amide bonds. The van der Waals surface area contributed by atoms with E-state index in [-0.39, 0.29) is 6.04 Å². The Hall–Kier alpha value is -1.33. The van der Waals surface area contributed by atoms with Crippen LogP contribution in [0.3, 0.4) is 0 Å². The Labute approximate surface area is 126 Å². The molecule has 1 aromatic heterocycles. The van der Waals surface area contributed by atoms with Crippen LogP contribution in [0.25, 0.3) is 0 Å². The number of thiophene rings is 1. The maximum atomic E-state index is 12.8. The van der Waals surface area contributed by atoms with Crippen molar-refractivity contribution in [2.75, 3.05) is 6.54 Å². The maximum absolute atomic E-state index is 12.8. The molecule has 5 heteroatoms. The zero-order valence-electron chi connectivity index (χ0n) is 12.2. The minimum Gasteiger partial charge on any atom is -0.306 e. The zero-order valence-corrected chi connectivity index (χ0v) is 13.0. The van der Waals surface area contributed by atoms with E-state index in [2.05, 4.69) is 16.1 Å². The number of halogens is 3. The predicted octanol–water partition coefficient (Wildman–Crippen LogP) is 5.08. The summed E-state index contributed by atoms with van der Waals surface area (Å²) in [6, 6.07) is 3.90. The Morgan fingerprint density at radius 1 is 1.10 bits per heavy atom. The molecule has 1 nitrogen and oxygen atoms in total. The van der Waals surface area contributed by atoms with Gasteiger partial charge < -0.3 is 5.32 Å². The highest BCUT2D eigenvalue weighted by molar-refractivity contribution is 7.08. The van der Waals surface area contributed by atoms with Gasteiger partial charge in [-0.25, -0.2) is 0 Å². The average molecular weight is 313 g/mol. The van der Waals surface area contributed by atoms with Crippen LogP contribution in [0.4, 0.5) is 13.2 Å². The molecule has 1 unspecified atom stereocenters. The molecule has 1 heterocycles. The van der Waals surface area contributed by atoms with Gasteiger partial charge in [-0.1, -0.05) is 13.0 Å². The summed E-state index contributed by atoms with van der Waals surface area (Å²) in [6.07, 6.45) is -4.30. The van der Waals surface area contributed by atoms with Gasteiger partial charge in [0.2, 0.25) is 0 Å². The molecule has 0 radical (unpaired) electrons. The lowest BCUT2D eigenvalue weighted by molar-refractivity contribution is -0.137. The molecule has 0 fully saturated rings. The quantitative estimate of drug-likeness (QED) is 0.829. The van der Waals surface area contributed by atoms with Crippen LogP contribution in [-0.2, 0) is 6.18 Å². The highest BCUT2D eigenvalue weighted by Gasteiger charge is 2.31. The summed E-state index contributed by atoms with van der Waals surface area (Å²) in [7, 11) is 0. The van der Waals surface area contributed by atoms with Crippen LogP contribution in [0.5, 0.6) is 0 Å². The minimum atomic E-state index is -4.30. The van der Waals surface area contributed by atoms with E-state index in [0.29, 0.717) is 5.56 Å². The second-order valence-corrected chi connectivity index (χ2v) is 5.81. The molecule has 0 bridgehead atoms. The standard InChI is InChI=1S/C16H18F3NS/c1-4-20-15(14-9-21-8-11(14)3)13-6-5-12(7-10(13)2)16(17,18)19/h5-9,15,20H,4H2,1-3H3. The monoisotopic (exact) mass is 313 g/mol. The van der Waals surface area contributed by atoms with Gasteiger partial charge in [0.05, 0.1) is 11.6 Å². The smallest absolute Gasteiger partial charge is 0.306 e. The first-order valence-corrected chi connectivity index (χ1v) is 7.72. The Kier molecular flexibility index (Phi) is 4.74. The Morgan fingerprint density at radius 3 is 2.29 bits per heavy atom. The largest absolute Gasteiger partial charge is 0.416 e. The number of benzene rings is 1. The number of rotatable bonds is 4. The predicted molar refractivity (Wildman–Crippen MR) is 80.8 cm³/mol. The van der Waals surface area contributed by atoms with Crippen molar-refractivity contribution in [3.8, 4) is 0 Å². The molecule has 1 N–H and O–H groups in total. The van der Waals surface area contributed by atoms with E-state index in [1.54, 1.807) is 24.3 Å². The van der Waals surface area contributed by atoms with E-state index < -0.39 is 11.7 Å². The molecule has 1 atom stereocenters. The van der Waals surface area contributed by atoms with E-state index >= 15 is 0 Å². The summed E-state index contributed by atoms with van der Waals surface area (Å²) in [6.45, 7) is 6.50. The van der Waals surface area contributed by atoms with Crippen LogP contribution in [0, 0.1) is 13.8 Å². The highest BCUT2D eigenvalue weighted by atomic mass is 32.1. The molecule has 2 rings (SSSR count). The van der Waals surface area contributed by atoms with Crippen LogP contribution in [0.1, 0.15) is 40.8 Å². The molecule has 1 aromatic carbocycles. The number of aryl methyl sites for hydroxylation is 2. The van der Waals surface area contributed by atoms with Crippen molar-refractivity contribution in [3.63, 3.8) is 0 Å². The first-order chi connectivity index (χ1) is 9.84. The number of hydrogen-bond donors (Lipinski definition) is 1. The molecule has 0 saturated carbocycles. The van der Waals surface area contributed by atoms with Crippen LogP contribution in [0.2, 0.25) is 0 Å². The fourth-order valence-electron chi connectivity index (χ4n) is 2.43. The van der Waals surface area contributed by atoms with E-state index in [1.807, 2.05) is 13.8 Å². The summed E-state index contributed by atoms with van der Waals surface area (Å²) in [5.41, 5.74) is 3.24. The fourth-order valence-corrected chi connectivity index (χ4v) is 3.31.